The maximum absolute atomic E-state index is 11.7. The molecular formula is C12H14N2O2. The number of nitrogens with zero attached hydrogens (tertiary/aromatic N) is 1. The van der Waals surface area contributed by atoms with Gasteiger partial charge in [-0.15, -0.1) is 6.42 Å². The van der Waals surface area contributed by atoms with Crippen molar-refractivity contribution in [2.24, 2.45) is 0 Å². The number of nitrogens with one attached hydrogen (secondary N) is 1. The average molecular weight is 218 g/mol. The van der Waals surface area contributed by atoms with E-state index in [1.54, 1.807) is 0 Å². The molecule has 0 fully saturated rings. The molecule has 1 aromatic rings. The highest BCUT2D eigenvalue weighted by atomic mass is 16.3. The molecule has 0 aliphatic carbocycles. The van der Waals surface area contributed by atoms with Crippen LogP contribution in [0.15, 0.2) is 18.5 Å². The molecule has 0 saturated heterocycles. The highest BCUT2D eigenvalue weighted by molar-refractivity contribution is 5.96. The molecule has 0 bridgehead atoms. The minimum absolute atomic E-state index is 0.146. The lowest BCUT2D eigenvalue weighted by Gasteiger charge is -2.12. The lowest BCUT2D eigenvalue weighted by Crippen LogP contribution is -2.33. The third-order valence-corrected chi connectivity index (χ3v) is 2.13. The van der Waals surface area contributed by atoms with Crippen molar-refractivity contribution in [2.45, 2.75) is 25.8 Å². The molecule has 1 heterocycles. The fraction of sp³-hybridized carbons (Fsp3) is 0.333. The van der Waals surface area contributed by atoms with Gasteiger partial charge in [0.15, 0.2) is 0 Å². The second kappa shape index (κ2) is 5.76. The zero-order chi connectivity index (χ0) is 12.0. The van der Waals surface area contributed by atoms with E-state index in [0.717, 1.165) is 6.42 Å². The number of aromatic hydroxyl groups is 1. The lowest BCUT2D eigenvalue weighted by atomic mass is 10.1. The van der Waals surface area contributed by atoms with Gasteiger partial charge >= 0.3 is 0 Å². The maximum atomic E-state index is 11.7. The van der Waals surface area contributed by atoms with Crippen molar-refractivity contribution >= 4 is 5.91 Å². The zero-order valence-electron chi connectivity index (χ0n) is 9.10. The summed E-state index contributed by atoms with van der Waals surface area (Å²) < 4.78 is 0. The Balaban J connectivity index is 2.73. The number of aromatic nitrogens is 1. The second-order valence-corrected chi connectivity index (χ2v) is 3.37. The Kier molecular flexibility index (Phi) is 4.34. The number of terminal acetylenes is 1. The highest BCUT2D eigenvalue weighted by Gasteiger charge is 2.13. The summed E-state index contributed by atoms with van der Waals surface area (Å²) in [4.78, 5) is 15.4. The van der Waals surface area contributed by atoms with Gasteiger partial charge < -0.3 is 10.4 Å². The van der Waals surface area contributed by atoms with Gasteiger partial charge in [0, 0.05) is 6.20 Å². The van der Waals surface area contributed by atoms with E-state index >= 15 is 0 Å². The van der Waals surface area contributed by atoms with Gasteiger partial charge in [-0.3, -0.25) is 9.78 Å². The minimum Gasteiger partial charge on any atom is -0.505 e. The topological polar surface area (TPSA) is 62.2 Å². The van der Waals surface area contributed by atoms with E-state index in [0.29, 0.717) is 6.42 Å². The fourth-order valence-electron chi connectivity index (χ4n) is 1.30. The molecular weight excluding hydrogens is 204 g/mol. The third kappa shape index (κ3) is 2.99. The predicted molar refractivity (Wildman–Crippen MR) is 60.9 cm³/mol. The number of hydrogen-bond donors (Lipinski definition) is 2. The molecule has 84 valence electrons. The van der Waals surface area contributed by atoms with E-state index in [4.69, 9.17) is 6.42 Å². The molecule has 4 heteroatoms. The molecule has 4 nitrogen and oxygen atoms in total. The summed E-state index contributed by atoms with van der Waals surface area (Å²) in [6.45, 7) is 1.99. The van der Waals surface area contributed by atoms with Crippen LogP contribution in [0.5, 0.6) is 5.75 Å². The molecule has 0 spiro atoms. The largest absolute Gasteiger partial charge is 0.505 e. The van der Waals surface area contributed by atoms with Crippen molar-refractivity contribution in [3.63, 3.8) is 0 Å². The maximum Gasteiger partial charge on any atom is 0.256 e. The average Bonchev–Trinajstić information content (AvgIpc) is 2.28. The van der Waals surface area contributed by atoms with Crippen LogP contribution in [0.3, 0.4) is 0 Å². The molecule has 0 saturated carbocycles. The highest BCUT2D eigenvalue weighted by Crippen LogP contribution is 2.13. The summed E-state index contributed by atoms with van der Waals surface area (Å²) in [5, 5.41) is 12.1. The molecule has 1 aromatic heterocycles. The Morgan fingerprint density at radius 2 is 2.50 bits per heavy atom. The van der Waals surface area contributed by atoms with E-state index in [1.807, 2.05) is 6.92 Å². The number of rotatable bonds is 4. The van der Waals surface area contributed by atoms with Gasteiger partial charge in [-0.1, -0.05) is 19.3 Å². The number of carbonyl (C=O) groups excluding carboxylic acids is 1. The van der Waals surface area contributed by atoms with Crippen molar-refractivity contribution < 1.29 is 9.90 Å². The number of amides is 1. The van der Waals surface area contributed by atoms with Crippen LogP contribution in [0.1, 0.15) is 30.1 Å². The molecule has 1 atom stereocenters. The number of hydrogen-bond acceptors (Lipinski definition) is 3. The van der Waals surface area contributed by atoms with Crippen LogP contribution in [0.4, 0.5) is 0 Å². The standard InChI is InChI=1S/C12H14N2O2/c1-3-5-9(4-2)14-12(16)10-6-7-13-8-11(10)15/h2,6-9,15H,3,5H2,1H3,(H,14,16). The molecule has 1 amide bonds. The summed E-state index contributed by atoms with van der Waals surface area (Å²) in [7, 11) is 0. The van der Waals surface area contributed by atoms with Crippen LogP contribution in [-0.4, -0.2) is 22.0 Å². The van der Waals surface area contributed by atoms with Gasteiger partial charge in [-0.2, -0.15) is 0 Å². The molecule has 0 aliphatic heterocycles. The van der Waals surface area contributed by atoms with Gasteiger partial charge in [0.05, 0.1) is 17.8 Å². The van der Waals surface area contributed by atoms with Gasteiger partial charge in [0.2, 0.25) is 0 Å². The van der Waals surface area contributed by atoms with E-state index in [1.165, 1.54) is 18.5 Å². The molecule has 0 aromatic carbocycles. The van der Waals surface area contributed by atoms with E-state index in [2.05, 4.69) is 16.2 Å². The third-order valence-electron chi connectivity index (χ3n) is 2.13. The SMILES string of the molecule is C#CC(CCC)NC(=O)c1ccncc1O. The lowest BCUT2D eigenvalue weighted by molar-refractivity contribution is 0.0941. The molecule has 2 N–H and O–H groups in total. The van der Waals surface area contributed by atoms with Crippen molar-refractivity contribution in [3.8, 4) is 18.1 Å². The van der Waals surface area contributed by atoms with E-state index in [9.17, 15) is 9.90 Å². The Morgan fingerprint density at radius 1 is 1.75 bits per heavy atom. The Hall–Kier alpha value is -2.02. The quantitative estimate of drug-likeness (QED) is 0.749. The number of pyridine rings is 1. The fourth-order valence-corrected chi connectivity index (χ4v) is 1.30. The van der Waals surface area contributed by atoms with Gasteiger partial charge in [-0.25, -0.2) is 0 Å². The Bertz CT molecular complexity index is 410. The Morgan fingerprint density at radius 3 is 3.06 bits per heavy atom. The van der Waals surface area contributed by atoms with Crippen LogP contribution in [0, 0.1) is 12.3 Å². The van der Waals surface area contributed by atoms with Crippen molar-refractivity contribution in [1.29, 1.82) is 0 Å². The molecule has 1 rings (SSSR count). The normalized spacial score (nSPS) is 11.5. The summed E-state index contributed by atoms with van der Waals surface area (Å²) in [5.41, 5.74) is 0.186. The first-order valence-electron chi connectivity index (χ1n) is 5.09. The first-order chi connectivity index (χ1) is 7.69. The van der Waals surface area contributed by atoms with Gasteiger partial charge in [0.1, 0.15) is 5.75 Å². The summed E-state index contributed by atoms with van der Waals surface area (Å²) in [6, 6.07) is 1.15. The minimum atomic E-state index is -0.378. The summed E-state index contributed by atoms with van der Waals surface area (Å²) in [5.74, 6) is 1.97. The number of carbonyl (C=O) groups is 1. The molecule has 16 heavy (non-hydrogen) atoms. The Labute approximate surface area is 94.7 Å². The van der Waals surface area contributed by atoms with Crippen LogP contribution in [-0.2, 0) is 0 Å². The molecule has 1 unspecified atom stereocenters. The monoisotopic (exact) mass is 218 g/mol. The van der Waals surface area contributed by atoms with Crippen molar-refractivity contribution in [1.82, 2.24) is 10.3 Å². The van der Waals surface area contributed by atoms with E-state index < -0.39 is 0 Å². The first-order valence-corrected chi connectivity index (χ1v) is 5.09. The van der Waals surface area contributed by atoms with Crippen LogP contribution < -0.4 is 5.32 Å². The van der Waals surface area contributed by atoms with Crippen LogP contribution >= 0.6 is 0 Å². The van der Waals surface area contributed by atoms with Crippen LogP contribution in [0.25, 0.3) is 0 Å². The predicted octanol–water partition coefficient (Wildman–Crippen LogP) is 1.32. The molecule has 0 aliphatic rings. The zero-order valence-corrected chi connectivity index (χ0v) is 9.10. The van der Waals surface area contributed by atoms with Crippen molar-refractivity contribution in [3.05, 3.63) is 24.0 Å². The molecule has 0 radical (unpaired) electrons. The summed E-state index contributed by atoms with van der Waals surface area (Å²) in [6.07, 6.45) is 9.55. The van der Waals surface area contributed by atoms with Gasteiger partial charge in [-0.05, 0) is 12.5 Å². The van der Waals surface area contributed by atoms with Crippen molar-refractivity contribution in [2.75, 3.05) is 0 Å². The van der Waals surface area contributed by atoms with Gasteiger partial charge in [0.25, 0.3) is 5.91 Å². The van der Waals surface area contributed by atoms with Crippen LogP contribution in [0.2, 0.25) is 0 Å². The van der Waals surface area contributed by atoms with E-state index in [-0.39, 0.29) is 23.3 Å². The first kappa shape index (κ1) is 12.1. The smallest absolute Gasteiger partial charge is 0.256 e. The summed E-state index contributed by atoms with van der Waals surface area (Å²) >= 11 is 0. The second-order valence-electron chi connectivity index (χ2n) is 3.37.